The molecule has 0 bridgehead atoms. The molecule has 1 aromatic heterocycles. The molecule has 4 heteroatoms. The number of hydrogen-bond donors (Lipinski definition) is 2. The number of H-pyrrole nitrogens is 1. The zero-order chi connectivity index (χ0) is 11.4. The highest BCUT2D eigenvalue weighted by atomic mass is 16.5. The minimum atomic E-state index is 0.112. The molecule has 0 saturated carbocycles. The molecule has 3 N–H and O–H groups in total. The number of benzene rings is 1. The van der Waals surface area contributed by atoms with Gasteiger partial charge in [-0.05, 0) is 17.7 Å². The van der Waals surface area contributed by atoms with E-state index in [9.17, 15) is 0 Å². The second-order valence-electron chi connectivity index (χ2n) is 3.54. The van der Waals surface area contributed by atoms with Gasteiger partial charge in [-0.3, -0.25) is 0 Å². The summed E-state index contributed by atoms with van der Waals surface area (Å²) in [6, 6.07) is 7.89. The predicted octanol–water partition coefficient (Wildman–Crippen LogP) is 1.51. The van der Waals surface area contributed by atoms with Crippen molar-refractivity contribution in [3.8, 4) is 5.75 Å². The molecule has 0 aliphatic heterocycles. The van der Waals surface area contributed by atoms with Crippen LogP contribution in [0.3, 0.4) is 0 Å². The van der Waals surface area contributed by atoms with E-state index >= 15 is 0 Å². The van der Waals surface area contributed by atoms with E-state index in [1.54, 1.807) is 13.3 Å². The van der Waals surface area contributed by atoms with E-state index in [0.717, 1.165) is 17.1 Å². The molecule has 0 radical (unpaired) electrons. The average Bonchev–Trinajstić information content (AvgIpc) is 2.85. The van der Waals surface area contributed by atoms with E-state index in [1.807, 2.05) is 30.5 Å². The summed E-state index contributed by atoms with van der Waals surface area (Å²) < 4.78 is 5.12. The minimum Gasteiger partial charge on any atom is -0.497 e. The Morgan fingerprint density at radius 2 is 2.12 bits per heavy atom. The number of ether oxygens (including phenoxy) is 1. The number of methoxy groups -OCH3 is 1. The number of aromatic amines is 1. The predicted molar refractivity (Wildman–Crippen MR) is 62.5 cm³/mol. The summed E-state index contributed by atoms with van der Waals surface area (Å²) in [5, 5.41) is 0. The van der Waals surface area contributed by atoms with E-state index in [4.69, 9.17) is 10.5 Å². The van der Waals surface area contributed by atoms with Crippen LogP contribution < -0.4 is 10.5 Å². The van der Waals surface area contributed by atoms with Crippen LogP contribution in [0.4, 0.5) is 0 Å². The second-order valence-corrected chi connectivity index (χ2v) is 3.54. The number of hydrogen-bond acceptors (Lipinski definition) is 3. The molecule has 0 fully saturated rings. The van der Waals surface area contributed by atoms with Crippen molar-refractivity contribution in [3.05, 3.63) is 48.0 Å². The molecule has 0 amide bonds. The van der Waals surface area contributed by atoms with Gasteiger partial charge in [0.2, 0.25) is 0 Å². The van der Waals surface area contributed by atoms with Crippen molar-refractivity contribution in [2.75, 3.05) is 13.7 Å². The van der Waals surface area contributed by atoms with Crippen molar-refractivity contribution in [1.82, 2.24) is 9.97 Å². The van der Waals surface area contributed by atoms with Crippen LogP contribution in [0.25, 0.3) is 0 Å². The Kier molecular flexibility index (Phi) is 3.22. The minimum absolute atomic E-state index is 0.112. The van der Waals surface area contributed by atoms with E-state index in [1.165, 1.54) is 0 Å². The number of nitrogens with one attached hydrogen (secondary N) is 1. The largest absolute Gasteiger partial charge is 0.497 e. The maximum absolute atomic E-state index is 5.78. The van der Waals surface area contributed by atoms with Crippen molar-refractivity contribution in [2.24, 2.45) is 5.73 Å². The Morgan fingerprint density at radius 3 is 2.62 bits per heavy atom. The molecule has 4 nitrogen and oxygen atoms in total. The topological polar surface area (TPSA) is 63.9 Å². The highest BCUT2D eigenvalue weighted by Gasteiger charge is 2.14. The Balaban J connectivity index is 2.27. The lowest BCUT2D eigenvalue weighted by Gasteiger charge is -2.12. The summed E-state index contributed by atoms with van der Waals surface area (Å²) in [6.07, 6.45) is 3.54. The number of rotatable bonds is 4. The molecule has 0 aliphatic rings. The third-order valence-electron chi connectivity index (χ3n) is 2.60. The number of nitrogens with two attached hydrogens (primary N) is 1. The Labute approximate surface area is 94.5 Å². The van der Waals surface area contributed by atoms with Crippen LogP contribution in [0.15, 0.2) is 36.7 Å². The fraction of sp³-hybridized carbons (Fsp3) is 0.250. The average molecular weight is 217 g/mol. The zero-order valence-electron chi connectivity index (χ0n) is 9.18. The quantitative estimate of drug-likeness (QED) is 0.816. The molecular formula is C12H15N3O. The molecule has 0 aliphatic carbocycles. The first kappa shape index (κ1) is 10.7. The van der Waals surface area contributed by atoms with Gasteiger partial charge < -0.3 is 15.5 Å². The maximum Gasteiger partial charge on any atom is 0.118 e. The SMILES string of the molecule is COc1ccc(C(CN)c2ncc[nH]2)cc1. The summed E-state index contributed by atoms with van der Waals surface area (Å²) in [4.78, 5) is 7.33. The summed E-state index contributed by atoms with van der Waals surface area (Å²) in [5.74, 6) is 1.85. The van der Waals surface area contributed by atoms with E-state index < -0.39 is 0 Å². The van der Waals surface area contributed by atoms with Gasteiger partial charge in [-0.2, -0.15) is 0 Å². The molecule has 16 heavy (non-hydrogen) atoms. The Hall–Kier alpha value is -1.81. The standard InChI is InChI=1S/C12H15N3O/c1-16-10-4-2-9(3-5-10)11(8-13)12-14-6-7-15-12/h2-7,11H,8,13H2,1H3,(H,14,15). The fourth-order valence-electron chi connectivity index (χ4n) is 1.71. The van der Waals surface area contributed by atoms with Gasteiger partial charge in [0.25, 0.3) is 0 Å². The van der Waals surface area contributed by atoms with Crippen LogP contribution in [0.2, 0.25) is 0 Å². The molecule has 1 heterocycles. The number of imidazole rings is 1. The van der Waals surface area contributed by atoms with Gasteiger partial charge in [0, 0.05) is 18.9 Å². The summed E-state index contributed by atoms with van der Waals surface area (Å²) in [5.41, 5.74) is 6.91. The van der Waals surface area contributed by atoms with Gasteiger partial charge in [0.1, 0.15) is 11.6 Å². The van der Waals surface area contributed by atoms with Crippen molar-refractivity contribution >= 4 is 0 Å². The summed E-state index contributed by atoms with van der Waals surface area (Å²) in [7, 11) is 1.65. The van der Waals surface area contributed by atoms with E-state index in [0.29, 0.717) is 6.54 Å². The number of nitrogens with zero attached hydrogens (tertiary/aromatic N) is 1. The van der Waals surface area contributed by atoms with E-state index in [2.05, 4.69) is 9.97 Å². The number of aromatic nitrogens is 2. The zero-order valence-corrected chi connectivity index (χ0v) is 9.18. The van der Waals surface area contributed by atoms with Gasteiger partial charge in [0.15, 0.2) is 0 Å². The molecule has 1 aromatic carbocycles. The molecule has 1 atom stereocenters. The van der Waals surface area contributed by atoms with Gasteiger partial charge in [-0.15, -0.1) is 0 Å². The first-order valence-electron chi connectivity index (χ1n) is 5.18. The third-order valence-corrected chi connectivity index (χ3v) is 2.60. The van der Waals surface area contributed by atoms with Gasteiger partial charge in [-0.1, -0.05) is 12.1 Å². The first-order valence-corrected chi connectivity index (χ1v) is 5.18. The van der Waals surface area contributed by atoms with Crippen LogP contribution in [-0.2, 0) is 0 Å². The van der Waals surface area contributed by atoms with Crippen LogP contribution >= 0.6 is 0 Å². The first-order chi connectivity index (χ1) is 7.85. The van der Waals surface area contributed by atoms with Crippen molar-refractivity contribution in [2.45, 2.75) is 5.92 Å². The lowest BCUT2D eigenvalue weighted by Crippen LogP contribution is -2.15. The highest BCUT2D eigenvalue weighted by molar-refractivity contribution is 5.32. The monoisotopic (exact) mass is 217 g/mol. The normalized spacial score (nSPS) is 12.4. The van der Waals surface area contributed by atoms with Gasteiger partial charge in [0.05, 0.1) is 13.0 Å². The van der Waals surface area contributed by atoms with Crippen molar-refractivity contribution in [3.63, 3.8) is 0 Å². The molecule has 0 saturated heterocycles. The molecule has 0 spiro atoms. The van der Waals surface area contributed by atoms with Gasteiger partial charge >= 0.3 is 0 Å². The van der Waals surface area contributed by atoms with E-state index in [-0.39, 0.29) is 5.92 Å². The molecule has 2 aromatic rings. The van der Waals surface area contributed by atoms with Crippen LogP contribution in [0.1, 0.15) is 17.3 Å². The Morgan fingerprint density at radius 1 is 1.38 bits per heavy atom. The van der Waals surface area contributed by atoms with Crippen molar-refractivity contribution in [1.29, 1.82) is 0 Å². The van der Waals surface area contributed by atoms with Gasteiger partial charge in [-0.25, -0.2) is 4.98 Å². The highest BCUT2D eigenvalue weighted by Crippen LogP contribution is 2.22. The molecule has 2 rings (SSSR count). The maximum atomic E-state index is 5.78. The Bertz CT molecular complexity index is 422. The van der Waals surface area contributed by atoms with Crippen LogP contribution in [-0.4, -0.2) is 23.6 Å². The molecule has 84 valence electrons. The summed E-state index contributed by atoms with van der Waals surface area (Å²) in [6.45, 7) is 0.528. The third kappa shape index (κ3) is 2.06. The fourth-order valence-corrected chi connectivity index (χ4v) is 1.71. The second kappa shape index (κ2) is 4.81. The van der Waals surface area contributed by atoms with Crippen LogP contribution in [0.5, 0.6) is 5.75 Å². The lowest BCUT2D eigenvalue weighted by atomic mass is 9.98. The smallest absolute Gasteiger partial charge is 0.118 e. The summed E-state index contributed by atoms with van der Waals surface area (Å²) >= 11 is 0. The van der Waals surface area contributed by atoms with Crippen LogP contribution in [0, 0.1) is 0 Å². The lowest BCUT2D eigenvalue weighted by molar-refractivity contribution is 0.414. The molecule has 1 unspecified atom stereocenters. The van der Waals surface area contributed by atoms with Crippen molar-refractivity contribution < 1.29 is 4.74 Å². The molecular weight excluding hydrogens is 202 g/mol.